The van der Waals surface area contributed by atoms with Crippen molar-refractivity contribution in [3.63, 3.8) is 0 Å². The second kappa shape index (κ2) is 9.33. The van der Waals surface area contributed by atoms with Crippen LogP contribution in [0.3, 0.4) is 0 Å². The highest BCUT2D eigenvalue weighted by Gasteiger charge is 2.37. The molecule has 0 radical (unpaired) electrons. The predicted octanol–water partition coefficient (Wildman–Crippen LogP) is 3.29. The molecule has 6 nitrogen and oxygen atoms in total. The maximum atomic E-state index is 12.6. The minimum Gasteiger partial charge on any atom is -0.346 e. The highest BCUT2D eigenvalue weighted by atomic mass is 16.2. The van der Waals surface area contributed by atoms with Gasteiger partial charge in [0.2, 0.25) is 0 Å². The molecule has 2 aliphatic rings. The fourth-order valence-corrected chi connectivity index (χ4v) is 4.49. The Morgan fingerprint density at radius 1 is 0.968 bits per heavy atom. The fourth-order valence-electron chi connectivity index (χ4n) is 4.49. The average Bonchev–Trinajstić information content (AvgIpc) is 3.33. The van der Waals surface area contributed by atoms with E-state index in [1.54, 1.807) is 21.9 Å². The molecule has 1 atom stereocenters. The number of hydrogen-bond acceptors (Lipinski definition) is 3. The van der Waals surface area contributed by atoms with E-state index in [9.17, 15) is 14.4 Å². The van der Waals surface area contributed by atoms with Gasteiger partial charge in [-0.05, 0) is 43.0 Å². The van der Waals surface area contributed by atoms with Crippen LogP contribution >= 0.6 is 0 Å². The first-order valence-corrected chi connectivity index (χ1v) is 11.1. The first-order valence-electron chi connectivity index (χ1n) is 11.1. The van der Waals surface area contributed by atoms with E-state index in [4.69, 9.17) is 0 Å². The van der Waals surface area contributed by atoms with Crippen molar-refractivity contribution in [2.45, 2.75) is 51.2 Å². The molecule has 1 saturated carbocycles. The van der Waals surface area contributed by atoms with Crippen molar-refractivity contribution in [3.05, 3.63) is 71.3 Å². The van der Waals surface area contributed by atoms with E-state index in [0.29, 0.717) is 25.2 Å². The zero-order valence-electron chi connectivity index (χ0n) is 17.9. The monoisotopic (exact) mass is 419 g/mol. The standard InChI is InChI=1S/C25H29N3O3/c1-18(20-7-3-2-4-8-20)26-23(29)21-13-11-19(12-14-21)17-27-15-16-28(25(31)24(27)30)22-9-5-6-10-22/h2-4,7-8,11-14,18,22H,5-6,9-10,15-17H2,1H3,(H,26,29)/t18-/m0/s1. The van der Waals surface area contributed by atoms with Crippen molar-refractivity contribution >= 4 is 17.7 Å². The van der Waals surface area contributed by atoms with Crippen LogP contribution in [0, 0.1) is 0 Å². The lowest BCUT2D eigenvalue weighted by molar-refractivity contribution is -0.158. The van der Waals surface area contributed by atoms with Gasteiger partial charge in [0.25, 0.3) is 5.91 Å². The molecule has 1 saturated heterocycles. The maximum absolute atomic E-state index is 12.6. The van der Waals surface area contributed by atoms with Gasteiger partial charge in [-0.15, -0.1) is 0 Å². The number of carbonyl (C=O) groups excluding carboxylic acids is 3. The number of piperazine rings is 1. The lowest BCUT2D eigenvalue weighted by atomic mass is 10.1. The zero-order chi connectivity index (χ0) is 21.8. The average molecular weight is 420 g/mol. The molecule has 162 valence electrons. The summed E-state index contributed by atoms with van der Waals surface area (Å²) in [5.74, 6) is -0.931. The van der Waals surface area contributed by atoms with Crippen molar-refractivity contribution < 1.29 is 14.4 Å². The number of nitrogens with zero attached hydrogens (tertiary/aromatic N) is 2. The number of hydrogen-bond donors (Lipinski definition) is 1. The molecule has 2 aromatic carbocycles. The summed E-state index contributed by atoms with van der Waals surface area (Å²) < 4.78 is 0. The van der Waals surface area contributed by atoms with Gasteiger partial charge < -0.3 is 15.1 Å². The first kappa shape index (κ1) is 21.1. The van der Waals surface area contributed by atoms with Gasteiger partial charge in [-0.2, -0.15) is 0 Å². The van der Waals surface area contributed by atoms with Gasteiger partial charge in [0.05, 0.1) is 6.04 Å². The molecule has 1 aliphatic heterocycles. The van der Waals surface area contributed by atoms with Crippen LogP contribution in [-0.2, 0) is 16.1 Å². The third-order valence-corrected chi connectivity index (χ3v) is 6.34. The highest BCUT2D eigenvalue weighted by molar-refractivity contribution is 6.35. The Balaban J connectivity index is 1.33. The molecule has 31 heavy (non-hydrogen) atoms. The minimum atomic E-state index is -0.420. The summed E-state index contributed by atoms with van der Waals surface area (Å²) in [6, 6.07) is 17.2. The van der Waals surface area contributed by atoms with Gasteiger partial charge >= 0.3 is 11.8 Å². The normalized spacial score (nSPS) is 18.4. The number of amides is 3. The third kappa shape index (κ3) is 4.79. The molecular weight excluding hydrogens is 390 g/mol. The molecule has 2 aromatic rings. The Hall–Kier alpha value is -3.15. The van der Waals surface area contributed by atoms with E-state index in [-0.39, 0.29) is 23.9 Å². The van der Waals surface area contributed by atoms with Crippen LogP contribution in [0.5, 0.6) is 0 Å². The van der Waals surface area contributed by atoms with E-state index < -0.39 is 5.91 Å². The van der Waals surface area contributed by atoms with Crippen LogP contribution < -0.4 is 5.32 Å². The third-order valence-electron chi connectivity index (χ3n) is 6.34. The SMILES string of the molecule is C[C@H](NC(=O)c1ccc(CN2CCN(C3CCCC3)C(=O)C2=O)cc1)c1ccccc1. The van der Waals surface area contributed by atoms with Gasteiger partial charge in [-0.25, -0.2) is 0 Å². The van der Waals surface area contributed by atoms with Gasteiger partial charge in [-0.1, -0.05) is 55.3 Å². The summed E-state index contributed by atoms with van der Waals surface area (Å²) in [6.07, 6.45) is 4.28. The van der Waals surface area contributed by atoms with Crippen molar-refractivity contribution in [2.75, 3.05) is 13.1 Å². The summed E-state index contributed by atoms with van der Waals surface area (Å²) in [4.78, 5) is 41.1. The van der Waals surface area contributed by atoms with E-state index in [1.807, 2.05) is 49.4 Å². The van der Waals surface area contributed by atoms with Gasteiger partial charge in [0.1, 0.15) is 0 Å². The molecule has 3 amide bonds. The fraction of sp³-hybridized carbons (Fsp3) is 0.400. The summed E-state index contributed by atoms with van der Waals surface area (Å²) >= 11 is 0. The Morgan fingerprint density at radius 3 is 2.32 bits per heavy atom. The summed E-state index contributed by atoms with van der Waals surface area (Å²) in [6.45, 7) is 3.49. The van der Waals surface area contributed by atoms with Crippen molar-refractivity contribution in [3.8, 4) is 0 Å². The summed E-state index contributed by atoms with van der Waals surface area (Å²) in [5.41, 5.74) is 2.52. The molecule has 2 fully saturated rings. The molecule has 0 aromatic heterocycles. The molecular formula is C25H29N3O3. The van der Waals surface area contributed by atoms with Crippen LogP contribution in [0.4, 0.5) is 0 Å². The second-order valence-electron chi connectivity index (χ2n) is 8.47. The Morgan fingerprint density at radius 2 is 1.65 bits per heavy atom. The molecule has 4 rings (SSSR count). The molecule has 1 aliphatic carbocycles. The Kier molecular flexibility index (Phi) is 6.35. The van der Waals surface area contributed by atoms with Crippen LogP contribution in [-0.4, -0.2) is 46.7 Å². The van der Waals surface area contributed by atoms with Crippen molar-refractivity contribution in [2.24, 2.45) is 0 Å². The largest absolute Gasteiger partial charge is 0.346 e. The molecule has 6 heteroatoms. The van der Waals surface area contributed by atoms with Crippen LogP contribution in [0.25, 0.3) is 0 Å². The van der Waals surface area contributed by atoms with Crippen molar-refractivity contribution in [1.29, 1.82) is 0 Å². The van der Waals surface area contributed by atoms with Gasteiger partial charge in [0.15, 0.2) is 0 Å². The van der Waals surface area contributed by atoms with Crippen LogP contribution in [0.15, 0.2) is 54.6 Å². The van der Waals surface area contributed by atoms with Crippen LogP contribution in [0.1, 0.15) is 60.1 Å². The summed E-state index contributed by atoms with van der Waals surface area (Å²) in [7, 11) is 0. The number of nitrogens with one attached hydrogen (secondary N) is 1. The predicted molar refractivity (Wildman–Crippen MR) is 118 cm³/mol. The van der Waals surface area contributed by atoms with Crippen LogP contribution in [0.2, 0.25) is 0 Å². The van der Waals surface area contributed by atoms with E-state index >= 15 is 0 Å². The molecule has 0 unspecified atom stereocenters. The molecule has 0 spiro atoms. The van der Waals surface area contributed by atoms with Gasteiger partial charge in [-0.3, -0.25) is 14.4 Å². The highest BCUT2D eigenvalue weighted by Crippen LogP contribution is 2.25. The van der Waals surface area contributed by atoms with E-state index in [2.05, 4.69) is 5.32 Å². The van der Waals surface area contributed by atoms with E-state index in [1.165, 1.54) is 0 Å². The van der Waals surface area contributed by atoms with Crippen molar-refractivity contribution in [1.82, 2.24) is 15.1 Å². The lowest BCUT2D eigenvalue weighted by Crippen LogP contribution is -2.56. The Bertz CT molecular complexity index is 936. The summed E-state index contributed by atoms with van der Waals surface area (Å²) in [5, 5.41) is 3.00. The smallest absolute Gasteiger partial charge is 0.312 e. The Labute approximate surface area is 183 Å². The number of carbonyl (C=O) groups is 3. The van der Waals surface area contributed by atoms with E-state index in [0.717, 1.165) is 36.8 Å². The molecule has 1 N–H and O–H groups in total. The van der Waals surface area contributed by atoms with Gasteiger partial charge in [0, 0.05) is 31.2 Å². The zero-order valence-corrected chi connectivity index (χ0v) is 17.9. The number of rotatable bonds is 6. The maximum Gasteiger partial charge on any atom is 0.312 e. The quantitative estimate of drug-likeness (QED) is 0.731. The molecule has 1 heterocycles. The topological polar surface area (TPSA) is 69.7 Å². The molecule has 0 bridgehead atoms. The minimum absolute atomic E-state index is 0.0897. The first-order chi connectivity index (χ1) is 15.0. The number of benzene rings is 2. The lowest BCUT2D eigenvalue weighted by Gasteiger charge is -2.37. The second-order valence-corrected chi connectivity index (χ2v) is 8.47.